The van der Waals surface area contributed by atoms with E-state index in [4.69, 9.17) is 14.6 Å². The molecule has 2 aliphatic rings. The summed E-state index contributed by atoms with van der Waals surface area (Å²) in [5.74, 6) is -1.07. The normalized spacial score (nSPS) is 23.2. The maximum Gasteiger partial charge on any atom is 0.306 e. The Morgan fingerprint density at radius 2 is 2.08 bits per heavy atom. The molecule has 2 fully saturated rings. The highest BCUT2D eigenvalue weighted by atomic mass is 16.5. The van der Waals surface area contributed by atoms with Crippen LogP contribution in [0.15, 0.2) is 24.3 Å². The van der Waals surface area contributed by atoms with Gasteiger partial charge in [-0.2, -0.15) is 0 Å². The van der Waals surface area contributed by atoms with Crippen molar-refractivity contribution in [2.24, 2.45) is 5.92 Å². The average molecular weight is 362 g/mol. The number of hydrogen-bond acceptors (Lipinski definition) is 5. The highest BCUT2D eigenvalue weighted by molar-refractivity contribution is 6.01. The Balaban J connectivity index is 1.68. The van der Waals surface area contributed by atoms with Crippen LogP contribution in [0.2, 0.25) is 0 Å². The lowest BCUT2D eigenvalue weighted by atomic mass is 10.1. The molecule has 2 aliphatic heterocycles. The lowest BCUT2D eigenvalue weighted by molar-refractivity contribution is -0.149. The predicted molar refractivity (Wildman–Crippen MR) is 92.0 cm³/mol. The summed E-state index contributed by atoms with van der Waals surface area (Å²) in [5, 5.41) is 8.90. The van der Waals surface area contributed by atoms with Gasteiger partial charge in [-0.25, -0.2) is 0 Å². The minimum atomic E-state index is -0.956. The van der Waals surface area contributed by atoms with Gasteiger partial charge < -0.3 is 24.4 Å². The fourth-order valence-electron chi connectivity index (χ4n) is 3.45. The van der Waals surface area contributed by atoms with E-state index >= 15 is 0 Å². The molecule has 8 nitrogen and oxygen atoms in total. The zero-order valence-corrected chi connectivity index (χ0v) is 14.6. The van der Waals surface area contributed by atoms with Crippen LogP contribution in [0, 0.1) is 5.92 Å². The van der Waals surface area contributed by atoms with Crippen LogP contribution in [-0.2, 0) is 19.1 Å². The van der Waals surface area contributed by atoms with E-state index in [-0.39, 0.29) is 31.2 Å². The number of para-hydroxylation sites is 2. The Kier molecular flexibility index (Phi) is 5.41. The quantitative estimate of drug-likeness (QED) is 0.830. The molecule has 26 heavy (non-hydrogen) atoms. The molecule has 0 aromatic heterocycles. The van der Waals surface area contributed by atoms with Gasteiger partial charge in [-0.1, -0.05) is 12.1 Å². The lowest BCUT2D eigenvalue weighted by Gasteiger charge is -2.33. The number of anilines is 1. The number of aliphatic carboxylic acids is 1. The number of amides is 2. The van der Waals surface area contributed by atoms with Gasteiger partial charge in [0.2, 0.25) is 11.8 Å². The van der Waals surface area contributed by atoms with Crippen LogP contribution in [0.5, 0.6) is 5.75 Å². The van der Waals surface area contributed by atoms with Gasteiger partial charge in [-0.3, -0.25) is 14.4 Å². The summed E-state index contributed by atoms with van der Waals surface area (Å²) in [4.78, 5) is 39.3. The predicted octanol–water partition coefficient (Wildman–Crippen LogP) is 0.750. The second-order valence-electron chi connectivity index (χ2n) is 6.45. The third-order valence-corrected chi connectivity index (χ3v) is 4.70. The first kappa shape index (κ1) is 18.2. The minimum absolute atomic E-state index is 0.122. The largest absolute Gasteiger partial charge is 0.495 e. The molecule has 0 radical (unpaired) electrons. The van der Waals surface area contributed by atoms with Crippen molar-refractivity contribution in [1.29, 1.82) is 0 Å². The molecule has 0 spiro atoms. The highest BCUT2D eigenvalue weighted by Crippen LogP contribution is 2.33. The second kappa shape index (κ2) is 7.74. The Hall–Kier alpha value is -2.61. The number of carboxylic acids is 1. The number of morpholine rings is 1. The summed E-state index contributed by atoms with van der Waals surface area (Å²) >= 11 is 0. The molecule has 0 saturated carbocycles. The fraction of sp³-hybridized carbons (Fsp3) is 0.500. The summed E-state index contributed by atoms with van der Waals surface area (Å²) in [6, 6.07) is 7.21. The molecule has 2 saturated heterocycles. The van der Waals surface area contributed by atoms with Crippen molar-refractivity contribution >= 4 is 23.5 Å². The number of carboxylic acid groups (broad SMARTS) is 1. The molecular formula is C18H22N2O6. The number of ether oxygens (including phenoxy) is 2. The van der Waals surface area contributed by atoms with E-state index in [0.717, 1.165) is 0 Å². The Morgan fingerprint density at radius 3 is 2.81 bits per heavy atom. The van der Waals surface area contributed by atoms with Crippen molar-refractivity contribution in [2.45, 2.75) is 18.9 Å². The van der Waals surface area contributed by atoms with Crippen LogP contribution >= 0.6 is 0 Å². The van der Waals surface area contributed by atoms with E-state index in [0.29, 0.717) is 31.1 Å². The van der Waals surface area contributed by atoms with Crippen molar-refractivity contribution in [3.05, 3.63) is 24.3 Å². The number of rotatable bonds is 5. The van der Waals surface area contributed by atoms with Gasteiger partial charge in [-0.05, 0) is 12.1 Å². The summed E-state index contributed by atoms with van der Waals surface area (Å²) in [5.41, 5.74) is 0.654. The first-order chi connectivity index (χ1) is 12.5. The molecule has 0 bridgehead atoms. The van der Waals surface area contributed by atoms with Crippen LogP contribution < -0.4 is 9.64 Å². The molecule has 2 amide bonds. The summed E-state index contributed by atoms with van der Waals surface area (Å²) in [7, 11) is 1.54. The molecule has 1 N–H and O–H groups in total. The van der Waals surface area contributed by atoms with Crippen molar-refractivity contribution < 1.29 is 29.0 Å². The van der Waals surface area contributed by atoms with Crippen molar-refractivity contribution in [3.63, 3.8) is 0 Å². The first-order valence-electron chi connectivity index (χ1n) is 8.55. The SMILES string of the molecule is COc1ccccc1N1C[C@@H](C(=O)N2CCO[C@@H](CC(=O)O)C2)CC1=O. The number of methoxy groups -OCH3 is 1. The van der Waals surface area contributed by atoms with Crippen LogP contribution in [-0.4, -0.2) is 67.2 Å². The van der Waals surface area contributed by atoms with E-state index in [1.54, 1.807) is 29.0 Å². The van der Waals surface area contributed by atoms with Crippen LogP contribution in [0.4, 0.5) is 5.69 Å². The van der Waals surface area contributed by atoms with Gasteiger partial charge >= 0.3 is 5.97 Å². The number of benzene rings is 1. The topological polar surface area (TPSA) is 96.4 Å². The monoisotopic (exact) mass is 362 g/mol. The number of hydrogen-bond donors (Lipinski definition) is 1. The summed E-state index contributed by atoms with van der Waals surface area (Å²) < 4.78 is 10.7. The second-order valence-corrected chi connectivity index (χ2v) is 6.45. The third-order valence-electron chi connectivity index (χ3n) is 4.70. The van der Waals surface area contributed by atoms with Gasteiger partial charge in [0.15, 0.2) is 0 Å². The maximum atomic E-state index is 12.8. The van der Waals surface area contributed by atoms with E-state index < -0.39 is 18.0 Å². The molecule has 2 heterocycles. The van der Waals surface area contributed by atoms with Crippen LogP contribution in [0.3, 0.4) is 0 Å². The fourth-order valence-corrected chi connectivity index (χ4v) is 3.45. The Labute approximate surface area is 151 Å². The lowest BCUT2D eigenvalue weighted by Crippen LogP contribution is -2.48. The van der Waals surface area contributed by atoms with Gasteiger partial charge in [0.25, 0.3) is 0 Å². The Bertz CT molecular complexity index is 707. The Morgan fingerprint density at radius 1 is 1.31 bits per heavy atom. The first-order valence-corrected chi connectivity index (χ1v) is 8.55. The van der Waals surface area contributed by atoms with E-state index in [1.165, 1.54) is 0 Å². The number of carbonyl (C=O) groups is 3. The van der Waals surface area contributed by atoms with Crippen molar-refractivity contribution in [2.75, 3.05) is 38.3 Å². The van der Waals surface area contributed by atoms with Gasteiger partial charge in [0, 0.05) is 26.1 Å². The zero-order valence-electron chi connectivity index (χ0n) is 14.6. The molecule has 1 aromatic carbocycles. The van der Waals surface area contributed by atoms with Crippen LogP contribution in [0.1, 0.15) is 12.8 Å². The zero-order chi connectivity index (χ0) is 18.7. The highest BCUT2D eigenvalue weighted by Gasteiger charge is 2.39. The molecule has 2 atom stereocenters. The molecular weight excluding hydrogens is 340 g/mol. The molecule has 0 aliphatic carbocycles. The van der Waals surface area contributed by atoms with E-state index in [1.807, 2.05) is 12.1 Å². The number of carbonyl (C=O) groups excluding carboxylic acids is 2. The summed E-state index contributed by atoms with van der Waals surface area (Å²) in [6.07, 6.45) is -0.508. The van der Waals surface area contributed by atoms with Gasteiger partial charge in [-0.15, -0.1) is 0 Å². The molecule has 140 valence electrons. The standard InChI is InChI=1S/C18H22N2O6/c1-25-15-5-3-2-4-14(15)20-10-12(8-16(20)21)18(24)19-6-7-26-13(11-19)9-17(22)23/h2-5,12-13H,6-11H2,1H3,(H,22,23)/t12-,13-/m0/s1. The third kappa shape index (κ3) is 3.80. The van der Waals surface area contributed by atoms with E-state index in [2.05, 4.69) is 0 Å². The van der Waals surface area contributed by atoms with Crippen molar-refractivity contribution in [1.82, 2.24) is 4.90 Å². The maximum absolute atomic E-state index is 12.8. The molecule has 8 heteroatoms. The summed E-state index contributed by atoms with van der Waals surface area (Å²) in [6.45, 7) is 1.25. The van der Waals surface area contributed by atoms with E-state index in [9.17, 15) is 14.4 Å². The van der Waals surface area contributed by atoms with Gasteiger partial charge in [0.1, 0.15) is 5.75 Å². The van der Waals surface area contributed by atoms with Gasteiger partial charge in [0.05, 0.1) is 37.8 Å². The van der Waals surface area contributed by atoms with Crippen molar-refractivity contribution in [3.8, 4) is 5.75 Å². The minimum Gasteiger partial charge on any atom is -0.495 e. The molecule has 0 unspecified atom stereocenters. The smallest absolute Gasteiger partial charge is 0.306 e. The number of nitrogens with zero attached hydrogens (tertiary/aromatic N) is 2. The van der Waals surface area contributed by atoms with Crippen LogP contribution in [0.25, 0.3) is 0 Å². The molecule has 1 aromatic rings. The molecule has 3 rings (SSSR count). The average Bonchev–Trinajstić information content (AvgIpc) is 3.02.